The van der Waals surface area contributed by atoms with Gasteiger partial charge >= 0.3 is 0 Å². The molecule has 0 fully saturated rings. The van der Waals surface area contributed by atoms with Crippen LogP contribution in [0.3, 0.4) is 0 Å². The van der Waals surface area contributed by atoms with Crippen LogP contribution >= 0.6 is 0 Å². The van der Waals surface area contributed by atoms with Crippen molar-refractivity contribution in [1.82, 2.24) is 0 Å². The average Bonchev–Trinajstić information content (AvgIpc) is 2.81. The van der Waals surface area contributed by atoms with Crippen molar-refractivity contribution < 1.29 is 0 Å². The van der Waals surface area contributed by atoms with Crippen LogP contribution in [0, 0.1) is 5.92 Å². The third kappa shape index (κ3) is 1.66. The first-order chi connectivity index (χ1) is 9.02. The van der Waals surface area contributed by atoms with Gasteiger partial charge in [-0.2, -0.15) is 0 Å². The molecule has 0 amide bonds. The van der Waals surface area contributed by atoms with Gasteiger partial charge in [0.15, 0.2) is 0 Å². The second-order valence-corrected chi connectivity index (χ2v) is 6.06. The molecule has 1 aromatic carbocycles. The molecule has 98 valence electrons. The summed E-state index contributed by atoms with van der Waals surface area (Å²) in [5.74, 6) is 1.08. The Labute approximate surface area is 116 Å². The second kappa shape index (κ2) is 4.23. The molecular formula is C19H22. The molecule has 0 saturated heterocycles. The number of rotatable bonds is 1. The Morgan fingerprint density at radius 2 is 1.58 bits per heavy atom. The zero-order valence-corrected chi connectivity index (χ0v) is 12.5. The van der Waals surface area contributed by atoms with Crippen molar-refractivity contribution in [3.05, 3.63) is 63.3 Å². The maximum atomic E-state index is 2.36. The number of hydrogen-bond acceptors (Lipinski definition) is 0. The van der Waals surface area contributed by atoms with E-state index in [-0.39, 0.29) is 0 Å². The summed E-state index contributed by atoms with van der Waals surface area (Å²) in [5.41, 5.74) is 10.6. The molecule has 2 atom stereocenters. The summed E-state index contributed by atoms with van der Waals surface area (Å²) in [6, 6.07) is 8.84. The minimum absolute atomic E-state index is 0.499. The summed E-state index contributed by atoms with van der Waals surface area (Å²) in [5, 5.41) is 0. The van der Waals surface area contributed by atoms with Crippen molar-refractivity contribution in [3.63, 3.8) is 0 Å². The standard InChI is InChI=1S/C19H22/c1-11-10-16-8-6-7-9-17(16)18(11)19-14(4)12(2)13(3)15(19)5/h6-10,14,18H,1-5H3. The van der Waals surface area contributed by atoms with Crippen LogP contribution in [0.5, 0.6) is 0 Å². The molecule has 0 aliphatic heterocycles. The monoisotopic (exact) mass is 250 g/mol. The number of allylic oxidation sites excluding steroid dienone is 5. The van der Waals surface area contributed by atoms with Gasteiger partial charge in [0.05, 0.1) is 0 Å². The highest BCUT2D eigenvalue weighted by atomic mass is 14.4. The van der Waals surface area contributed by atoms with Crippen LogP contribution in [0.2, 0.25) is 0 Å². The lowest BCUT2D eigenvalue weighted by Gasteiger charge is -2.23. The van der Waals surface area contributed by atoms with Gasteiger partial charge in [-0.3, -0.25) is 0 Å². The SMILES string of the molecule is CC1=Cc2ccccc2C1C1=C(C)C(C)=C(C)C1C. The molecule has 0 spiro atoms. The Bertz CT molecular complexity index is 638. The summed E-state index contributed by atoms with van der Waals surface area (Å²) < 4.78 is 0. The maximum absolute atomic E-state index is 2.36. The molecule has 0 bridgehead atoms. The van der Waals surface area contributed by atoms with E-state index in [0.29, 0.717) is 11.8 Å². The molecule has 3 rings (SSSR count). The van der Waals surface area contributed by atoms with E-state index in [4.69, 9.17) is 0 Å². The number of hydrogen-bond donors (Lipinski definition) is 0. The predicted molar refractivity (Wildman–Crippen MR) is 83.1 cm³/mol. The molecule has 0 heterocycles. The largest absolute Gasteiger partial charge is 0.0632 e. The van der Waals surface area contributed by atoms with Crippen LogP contribution in [-0.4, -0.2) is 0 Å². The molecule has 0 radical (unpaired) electrons. The quantitative estimate of drug-likeness (QED) is 0.618. The molecule has 19 heavy (non-hydrogen) atoms. The first-order valence-corrected chi connectivity index (χ1v) is 7.18. The topological polar surface area (TPSA) is 0 Å². The lowest BCUT2D eigenvalue weighted by molar-refractivity contribution is 0.735. The van der Waals surface area contributed by atoms with E-state index in [1.54, 1.807) is 11.1 Å². The van der Waals surface area contributed by atoms with Crippen molar-refractivity contribution in [2.24, 2.45) is 5.92 Å². The number of fused-ring (bicyclic) bond motifs is 1. The Morgan fingerprint density at radius 1 is 0.895 bits per heavy atom. The van der Waals surface area contributed by atoms with Gasteiger partial charge in [0.25, 0.3) is 0 Å². The Morgan fingerprint density at radius 3 is 2.21 bits per heavy atom. The summed E-state index contributed by atoms with van der Waals surface area (Å²) >= 11 is 0. The highest BCUT2D eigenvalue weighted by molar-refractivity contribution is 5.70. The molecule has 0 nitrogen and oxygen atoms in total. The normalized spacial score (nSPS) is 26.1. The van der Waals surface area contributed by atoms with E-state index in [1.807, 2.05) is 0 Å². The minimum atomic E-state index is 0.499. The predicted octanol–water partition coefficient (Wildman–Crippen LogP) is 5.49. The average molecular weight is 250 g/mol. The zero-order valence-electron chi connectivity index (χ0n) is 12.5. The van der Waals surface area contributed by atoms with Gasteiger partial charge in [0.1, 0.15) is 0 Å². The highest BCUT2D eigenvalue weighted by Gasteiger charge is 2.34. The zero-order chi connectivity index (χ0) is 13.7. The maximum Gasteiger partial charge on any atom is 0.0276 e. The fourth-order valence-corrected chi connectivity index (χ4v) is 3.75. The van der Waals surface area contributed by atoms with E-state index in [2.05, 4.69) is 65.0 Å². The van der Waals surface area contributed by atoms with Crippen molar-refractivity contribution in [2.75, 3.05) is 0 Å². The van der Waals surface area contributed by atoms with Crippen molar-refractivity contribution in [1.29, 1.82) is 0 Å². The smallest absolute Gasteiger partial charge is 0.0276 e. The van der Waals surface area contributed by atoms with Crippen LogP contribution in [0.25, 0.3) is 6.08 Å². The van der Waals surface area contributed by atoms with Crippen LogP contribution in [0.4, 0.5) is 0 Å². The number of benzene rings is 1. The molecule has 2 aliphatic rings. The Balaban J connectivity index is 2.14. The lowest BCUT2D eigenvalue weighted by Crippen LogP contribution is -2.08. The molecule has 1 aromatic rings. The lowest BCUT2D eigenvalue weighted by atomic mass is 9.81. The fourth-order valence-electron chi connectivity index (χ4n) is 3.75. The Hall–Kier alpha value is -1.56. The van der Waals surface area contributed by atoms with Gasteiger partial charge in [-0.25, -0.2) is 0 Å². The first-order valence-electron chi connectivity index (χ1n) is 7.18. The van der Waals surface area contributed by atoms with Crippen LogP contribution < -0.4 is 0 Å². The van der Waals surface area contributed by atoms with E-state index in [0.717, 1.165) is 0 Å². The van der Waals surface area contributed by atoms with E-state index in [9.17, 15) is 0 Å². The van der Waals surface area contributed by atoms with E-state index in [1.165, 1.54) is 27.8 Å². The third-order valence-corrected chi connectivity index (χ3v) is 5.16. The van der Waals surface area contributed by atoms with Crippen molar-refractivity contribution in [2.45, 2.75) is 40.5 Å². The van der Waals surface area contributed by atoms with Crippen LogP contribution in [0.15, 0.2) is 52.1 Å². The molecule has 0 aromatic heterocycles. The van der Waals surface area contributed by atoms with Gasteiger partial charge in [-0.1, -0.05) is 48.4 Å². The summed E-state index contributed by atoms with van der Waals surface area (Å²) in [6.07, 6.45) is 2.36. The summed E-state index contributed by atoms with van der Waals surface area (Å²) in [6.45, 7) is 11.5. The van der Waals surface area contributed by atoms with Gasteiger partial charge in [-0.15, -0.1) is 0 Å². The van der Waals surface area contributed by atoms with Gasteiger partial charge in [-0.05, 0) is 61.5 Å². The highest BCUT2D eigenvalue weighted by Crippen LogP contribution is 2.50. The molecular weight excluding hydrogens is 228 g/mol. The second-order valence-electron chi connectivity index (χ2n) is 6.06. The minimum Gasteiger partial charge on any atom is -0.0632 e. The van der Waals surface area contributed by atoms with Gasteiger partial charge in [0, 0.05) is 5.92 Å². The van der Waals surface area contributed by atoms with E-state index >= 15 is 0 Å². The first kappa shape index (κ1) is 12.5. The molecule has 2 unspecified atom stereocenters. The van der Waals surface area contributed by atoms with Crippen LogP contribution in [-0.2, 0) is 0 Å². The molecule has 0 saturated carbocycles. The summed E-state index contributed by atoms with van der Waals surface area (Å²) in [4.78, 5) is 0. The summed E-state index contributed by atoms with van der Waals surface area (Å²) in [7, 11) is 0. The Kier molecular flexibility index (Phi) is 2.78. The van der Waals surface area contributed by atoms with Crippen LogP contribution in [0.1, 0.15) is 51.7 Å². The molecule has 0 N–H and O–H groups in total. The van der Waals surface area contributed by atoms with Crippen molar-refractivity contribution in [3.8, 4) is 0 Å². The third-order valence-electron chi connectivity index (χ3n) is 5.16. The van der Waals surface area contributed by atoms with Gasteiger partial charge in [0.2, 0.25) is 0 Å². The van der Waals surface area contributed by atoms with Gasteiger partial charge < -0.3 is 0 Å². The molecule has 2 aliphatic carbocycles. The van der Waals surface area contributed by atoms with Crippen molar-refractivity contribution >= 4 is 6.08 Å². The fraction of sp³-hybridized carbons (Fsp3) is 0.368. The van der Waals surface area contributed by atoms with E-state index < -0.39 is 0 Å². The molecule has 0 heteroatoms.